The molecule has 1 aromatic rings. The molecule has 0 N–H and O–H groups in total. The van der Waals surface area contributed by atoms with Crippen LogP contribution in [0.3, 0.4) is 0 Å². The van der Waals surface area contributed by atoms with Gasteiger partial charge in [0.15, 0.2) is 0 Å². The number of pyridine rings is 1. The second-order valence-electron chi connectivity index (χ2n) is 4.63. The summed E-state index contributed by atoms with van der Waals surface area (Å²) in [5.41, 5.74) is 1.06. The van der Waals surface area contributed by atoms with Crippen LogP contribution < -0.4 is 0 Å². The fourth-order valence-corrected chi connectivity index (χ4v) is 3.40. The Kier molecular flexibility index (Phi) is 2.22. The molecule has 2 bridgehead atoms. The number of rotatable bonds is 1. The maximum absolute atomic E-state index is 6.79. The average molecular weight is 223 g/mol. The zero-order chi connectivity index (χ0) is 10.3. The Hall–Kier alpha value is -0.600. The molecule has 0 radical (unpaired) electrons. The summed E-state index contributed by atoms with van der Waals surface area (Å²) in [6.07, 6.45) is 4.29. The van der Waals surface area contributed by atoms with Gasteiger partial charge in [-0.05, 0) is 44.0 Å². The molecule has 0 spiro atoms. The lowest BCUT2D eigenvalue weighted by Gasteiger charge is -2.49. The van der Waals surface area contributed by atoms with Crippen LogP contribution in [0.2, 0.25) is 0 Å². The van der Waals surface area contributed by atoms with E-state index in [1.54, 1.807) is 0 Å². The molecule has 2 nitrogen and oxygen atoms in total. The smallest absolute Gasteiger partial charge is 0.102 e. The highest BCUT2D eigenvalue weighted by molar-refractivity contribution is 6.24. The second kappa shape index (κ2) is 3.46. The van der Waals surface area contributed by atoms with Gasteiger partial charge in [0.1, 0.15) is 4.87 Å². The third kappa shape index (κ3) is 1.47. The highest BCUT2D eigenvalue weighted by Gasteiger charge is 2.47. The Bertz CT molecular complexity index is 346. The zero-order valence-electron chi connectivity index (χ0n) is 8.69. The van der Waals surface area contributed by atoms with E-state index in [9.17, 15) is 0 Å². The maximum Gasteiger partial charge on any atom is 0.102 e. The van der Waals surface area contributed by atoms with E-state index < -0.39 is 0 Å². The molecule has 0 aromatic carbocycles. The Morgan fingerprint density at radius 3 is 2.67 bits per heavy atom. The van der Waals surface area contributed by atoms with E-state index in [0.29, 0.717) is 5.92 Å². The molecule has 3 heteroatoms. The third-order valence-corrected chi connectivity index (χ3v) is 4.40. The largest absolute Gasteiger partial charge is 0.301 e. The molecular formula is C12H15ClN2. The Morgan fingerprint density at radius 2 is 2.13 bits per heavy atom. The van der Waals surface area contributed by atoms with Crippen LogP contribution in [0.4, 0.5) is 0 Å². The first-order valence-electron chi connectivity index (χ1n) is 5.62. The molecule has 15 heavy (non-hydrogen) atoms. The number of alkyl halides is 1. The highest BCUT2D eigenvalue weighted by atomic mass is 35.5. The predicted octanol–water partition coefficient (Wildman–Crippen LogP) is 2.24. The number of hydrogen-bond acceptors (Lipinski definition) is 2. The summed E-state index contributed by atoms with van der Waals surface area (Å²) >= 11 is 6.79. The lowest BCUT2D eigenvalue weighted by Crippen LogP contribution is -2.54. The summed E-state index contributed by atoms with van der Waals surface area (Å²) in [4.78, 5) is 6.67. The average Bonchev–Trinajstić information content (AvgIpc) is 2.31. The second-order valence-corrected chi connectivity index (χ2v) is 5.30. The minimum Gasteiger partial charge on any atom is -0.301 e. The van der Waals surface area contributed by atoms with Crippen LogP contribution >= 0.6 is 11.6 Å². The third-order valence-electron chi connectivity index (χ3n) is 3.78. The van der Waals surface area contributed by atoms with Gasteiger partial charge in [0.25, 0.3) is 0 Å². The molecule has 80 valence electrons. The van der Waals surface area contributed by atoms with Crippen LogP contribution in [0.1, 0.15) is 18.5 Å². The SMILES string of the molecule is ClC1(c2ccccn2)CN2CCC1CC2. The van der Waals surface area contributed by atoms with Crippen LogP contribution in [-0.2, 0) is 4.87 Å². The van der Waals surface area contributed by atoms with Gasteiger partial charge in [-0.1, -0.05) is 6.07 Å². The summed E-state index contributed by atoms with van der Waals surface area (Å²) in [7, 11) is 0. The number of fused-ring (bicyclic) bond motifs is 3. The van der Waals surface area contributed by atoms with E-state index in [2.05, 4.69) is 16.0 Å². The quantitative estimate of drug-likeness (QED) is 0.678. The highest BCUT2D eigenvalue weighted by Crippen LogP contribution is 2.46. The molecule has 3 saturated heterocycles. The van der Waals surface area contributed by atoms with Gasteiger partial charge in [0.2, 0.25) is 0 Å². The summed E-state index contributed by atoms with van der Waals surface area (Å²) in [5.74, 6) is 0.610. The van der Waals surface area contributed by atoms with Gasteiger partial charge in [0.05, 0.1) is 5.69 Å². The van der Waals surface area contributed by atoms with Crippen molar-refractivity contribution in [3.05, 3.63) is 30.1 Å². The molecule has 3 aliphatic heterocycles. The van der Waals surface area contributed by atoms with Crippen LogP contribution in [0.15, 0.2) is 24.4 Å². The van der Waals surface area contributed by atoms with E-state index in [1.165, 1.54) is 25.9 Å². The fourth-order valence-electron chi connectivity index (χ4n) is 2.90. The van der Waals surface area contributed by atoms with Gasteiger partial charge in [-0.25, -0.2) is 0 Å². The van der Waals surface area contributed by atoms with Crippen molar-refractivity contribution in [1.29, 1.82) is 0 Å². The van der Waals surface area contributed by atoms with Crippen molar-refractivity contribution in [2.45, 2.75) is 17.7 Å². The molecule has 1 aromatic heterocycles. The van der Waals surface area contributed by atoms with Gasteiger partial charge in [0, 0.05) is 12.7 Å². The van der Waals surface area contributed by atoms with Gasteiger partial charge in [-0.3, -0.25) is 4.98 Å². The van der Waals surface area contributed by atoms with Crippen molar-refractivity contribution in [1.82, 2.24) is 9.88 Å². The van der Waals surface area contributed by atoms with E-state index in [1.807, 2.05) is 18.3 Å². The molecule has 0 aliphatic carbocycles. The summed E-state index contributed by atoms with van der Waals surface area (Å²) in [6, 6.07) is 6.05. The van der Waals surface area contributed by atoms with Crippen LogP contribution in [0.5, 0.6) is 0 Å². The monoisotopic (exact) mass is 222 g/mol. The Labute approximate surface area is 95.3 Å². The first-order valence-corrected chi connectivity index (χ1v) is 5.99. The van der Waals surface area contributed by atoms with Crippen molar-refractivity contribution >= 4 is 11.6 Å². The fraction of sp³-hybridized carbons (Fsp3) is 0.583. The molecule has 4 rings (SSSR count). The van der Waals surface area contributed by atoms with E-state index in [0.717, 1.165) is 12.2 Å². The number of piperidine rings is 3. The molecule has 4 heterocycles. The zero-order valence-corrected chi connectivity index (χ0v) is 9.45. The van der Waals surface area contributed by atoms with Gasteiger partial charge >= 0.3 is 0 Å². The normalized spacial score (nSPS) is 39.3. The molecule has 1 atom stereocenters. The molecule has 3 aliphatic rings. The molecule has 3 fully saturated rings. The Morgan fingerprint density at radius 1 is 1.33 bits per heavy atom. The minimum atomic E-state index is -0.224. The topological polar surface area (TPSA) is 16.1 Å². The van der Waals surface area contributed by atoms with E-state index >= 15 is 0 Å². The van der Waals surface area contributed by atoms with Crippen LogP contribution in [-0.4, -0.2) is 29.5 Å². The summed E-state index contributed by atoms with van der Waals surface area (Å²) in [5, 5.41) is 0. The van der Waals surface area contributed by atoms with Crippen molar-refractivity contribution in [2.75, 3.05) is 19.6 Å². The molecule has 1 unspecified atom stereocenters. The summed E-state index contributed by atoms with van der Waals surface area (Å²) in [6.45, 7) is 3.40. The maximum atomic E-state index is 6.79. The number of nitrogens with zero attached hydrogens (tertiary/aromatic N) is 2. The van der Waals surface area contributed by atoms with Crippen LogP contribution in [0, 0.1) is 5.92 Å². The van der Waals surface area contributed by atoms with Crippen molar-refractivity contribution in [3.63, 3.8) is 0 Å². The van der Waals surface area contributed by atoms with Gasteiger partial charge < -0.3 is 4.90 Å². The molecule has 0 amide bonds. The van der Waals surface area contributed by atoms with Gasteiger partial charge in [-0.15, -0.1) is 11.6 Å². The minimum absolute atomic E-state index is 0.224. The van der Waals surface area contributed by atoms with Crippen LogP contribution in [0.25, 0.3) is 0 Å². The van der Waals surface area contributed by atoms with Crippen molar-refractivity contribution in [3.8, 4) is 0 Å². The first kappa shape index (κ1) is 9.61. The lowest BCUT2D eigenvalue weighted by atomic mass is 9.76. The first-order chi connectivity index (χ1) is 7.29. The molecule has 0 saturated carbocycles. The molecular weight excluding hydrogens is 208 g/mol. The van der Waals surface area contributed by atoms with E-state index in [-0.39, 0.29) is 4.87 Å². The lowest BCUT2D eigenvalue weighted by molar-refractivity contribution is 0.0646. The van der Waals surface area contributed by atoms with Crippen molar-refractivity contribution in [2.24, 2.45) is 5.92 Å². The predicted molar refractivity (Wildman–Crippen MR) is 60.9 cm³/mol. The van der Waals surface area contributed by atoms with Crippen molar-refractivity contribution < 1.29 is 0 Å². The number of hydrogen-bond donors (Lipinski definition) is 0. The number of aromatic nitrogens is 1. The Balaban J connectivity index is 1.97. The summed E-state index contributed by atoms with van der Waals surface area (Å²) < 4.78 is 0. The standard InChI is InChI=1S/C12H15ClN2/c13-12(11-3-1-2-6-14-11)9-15-7-4-10(12)5-8-15/h1-3,6,10H,4-5,7-9H2. The van der Waals surface area contributed by atoms with E-state index in [4.69, 9.17) is 11.6 Å². The van der Waals surface area contributed by atoms with Gasteiger partial charge in [-0.2, -0.15) is 0 Å². The number of halogens is 1.